The van der Waals surface area contributed by atoms with Gasteiger partial charge >= 0.3 is 0 Å². The highest BCUT2D eigenvalue weighted by atomic mass is 32.1. The number of rotatable bonds is 5. The second kappa shape index (κ2) is 8.24. The maximum atomic E-state index is 5.55. The molecule has 2 aliphatic rings. The molecule has 0 aliphatic carbocycles. The molecule has 0 saturated carbocycles. The van der Waals surface area contributed by atoms with E-state index in [2.05, 4.69) is 41.6 Å². The molecular weight excluding hydrogens is 342 g/mol. The summed E-state index contributed by atoms with van der Waals surface area (Å²) in [5.41, 5.74) is 1.32. The number of hydrogen-bond acceptors (Lipinski definition) is 4. The first-order valence-corrected chi connectivity index (χ1v) is 10.9. The van der Waals surface area contributed by atoms with Gasteiger partial charge in [-0.25, -0.2) is 4.98 Å². The van der Waals surface area contributed by atoms with Gasteiger partial charge in [-0.3, -0.25) is 4.90 Å². The highest BCUT2D eigenvalue weighted by molar-refractivity contribution is 7.11. The molecular formula is C21H31N3OS. The molecule has 4 heterocycles. The Kier molecular flexibility index (Phi) is 5.77. The second-order valence-electron chi connectivity index (χ2n) is 8.01. The molecule has 0 bridgehead atoms. The van der Waals surface area contributed by atoms with Gasteiger partial charge in [0.25, 0.3) is 0 Å². The van der Waals surface area contributed by atoms with Crippen LogP contribution in [-0.2, 0) is 17.8 Å². The third kappa shape index (κ3) is 4.21. The summed E-state index contributed by atoms with van der Waals surface area (Å²) in [5, 5.41) is 0. The molecule has 2 saturated heterocycles. The zero-order chi connectivity index (χ0) is 17.9. The van der Waals surface area contributed by atoms with E-state index >= 15 is 0 Å². The van der Waals surface area contributed by atoms with Crippen LogP contribution in [0.25, 0.3) is 0 Å². The van der Waals surface area contributed by atoms with Crippen molar-refractivity contribution in [3.05, 3.63) is 39.6 Å². The number of piperidine rings is 1. The molecule has 4 nitrogen and oxygen atoms in total. The van der Waals surface area contributed by atoms with E-state index in [-0.39, 0.29) is 0 Å². The van der Waals surface area contributed by atoms with Gasteiger partial charge in [-0.2, -0.15) is 0 Å². The third-order valence-corrected chi connectivity index (χ3v) is 6.88. The molecule has 0 N–H and O–H groups in total. The third-order valence-electron chi connectivity index (χ3n) is 5.89. The van der Waals surface area contributed by atoms with Gasteiger partial charge in [0.05, 0.1) is 0 Å². The molecule has 2 aromatic rings. The lowest BCUT2D eigenvalue weighted by molar-refractivity contribution is 0.0821. The van der Waals surface area contributed by atoms with Crippen LogP contribution in [0.2, 0.25) is 0 Å². The smallest absolute Gasteiger partial charge is 0.112 e. The van der Waals surface area contributed by atoms with Crippen LogP contribution in [0.3, 0.4) is 0 Å². The number of hydrogen-bond donors (Lipinski definition) is 0. The van der Waals surface area contributed by atoms with Crippen LogP contribution in [0.4, 0.5) is 0 Å². The summed E-state index contributed by atoms with van der Waals surface area (Å²) in [7, 11) is 0. The summed E-state index contributed by atoms with van der Waals surface area (Å²) in [5.74, 6) is 2.61. The van der Waals surface area contributed by atoms with E-state index in [1.54, 1.807) is 0 Å². The monoisotopic (exact) mass is 373 g/mol. The Bertz CT molecular complexity index is 717. The van der Waals surface area contributed by atoms with Gasteiger partial charge < -0.3 is 9.30 Å². The van der Waals surface area contributed by atoms with Crippen LogP contribution in [0.5, 0.6) is 0 Å². The van der Waals surface area contributed by atoms with Crippen LogP contribution in [0, 0.1) is 19.8 Å². The van der Waals surface area contributed by atoms with Crippen molar-refractivity contribution in [1.82, 2.24) is 14.5 Å². The van der Waals surface area contributed by atoms with Crippen LogP contribution in [-0.4, -0.2) is 40.8 Å². The first kappa shape index (κ1) is 18.2. The summed E-state index contributed by atoms with van der Waals surface area (Å²) in [6, 6.07) is 4.54. The fourth-order valence-corrected chi connectivity index (χ4v) is 5.42. The molecule has 26 heavy (non-hydrogen) atoms. The molecule has 2 aromatic heterocycles. The topological polar surface area (TPSA) is 30.3 Å². The summed E-state index contributed by atoms with van der Waals surface area (Å²) in [6.45, 7) is 10.9. The summed E-state index contributed by atoms with van der Waals surface area (Å²) in [6.07, 6.45) is 6.95. The summed E-state index contributed by atoms with van der Waals surface area (Å²) < 4.78 is 8.06. The minimum Gasteiger partial charge on any atom is -0.381 e. The van der Waals surface area contributed by atoms with Crippen LogP contribution < -0.4 is 0 Å². The standard InChI is InChI=1S/C21H31N3OS/c1-16-12-22-21(19-7-10-25-11-8-19)24(16)14-18-4-3-9-23(13-18)15-20-6-5-17(2)26-20/h5-6,12,18-19H,3-4,7-11,13-15H2,1-2H3. The molecule has 1 atom stereocenters. The van der Waals surface area contributed by atoms with Gasteiger partial charge in [0, 0.05) is 60.4 Å². The van der Waals surface area contributed by atoms with Crippen molar-refractivity contribution in [3.8, 4) is 0 Å². The molecule has 2 aliphatic heterocycles. The van der Waals surface area contributed by atoms with Crippen molar-refractivity contribution < 1.29 is 4.74 Å². The largest absolute Gasteiger partial charge is 0.381 e. The molecule has 5 heteroatoms. The quantitative estimate of drug-likeness (QED) is 0.780. The minimum atomic E-state index is 0.575. The van der Waals surface area contributed by atoms with Crippen molar-refractivity contribution in [2.75, 3.05) is 26.3 Å². The highest BCUT2D eigenvalue weighted by Crippen LogP contribution is 2.29. The van der Waals surface area contributed by atoms with E-state index in [0.717, 1.165) is 45.1 Å². The molecule has 2 fully saturated rings. The average Bonchev–Trinajstić information content (AvgIpc) is 3.22. The highest BCUT2D eigenvalue weighted by Gasteiger charge is 2.25. The van der Waals surface area contributed by atoms with Crippen molar-refractivity contribution in [1.29, 1.82) is 0 Å². The fourth-order valence-electron chi connectivity index (χ4n) is 4.49. The predicted octanol–water partition coefficient (Wildman–Crippen LogP) is 4.37. The maximum Gasteiger partial charge on any atom is 0.112 e. The van der Waals surface area contributed by atoms with Gasteiger partial charge in [-0.15, -0.1) is 11.3 Å². The number of aromatic nitrogens is 2. The number of ether oxygens (including phenoxy) is 1. The molecule has 1 unspecified atom stereocenters. The molecule has 0 aromatic carbocycles. The number of imidazole rings is 1. The van der Waals surface area contributed by atoms with E-state index in [4.69, 9.17) is 9.72 Å². The second-order valence-corrected chi connectivity index (χ2v) is 9.38. The van der Waals surface area contributed by atoms with E-state index in [9.17, 15) is 0 Å². The van der Waals surface area contributed by atoms with Crippen molar-refractivity contribution in [2.24, 2.45) is 5.92 Å². The molecule has 0 amide bonds. The molecule has 142 valence electrons. The van der Waals surface area contributed by atoms with Crippen molar-refractivity contribution in [3.63, 3.8) is 0 Å². The minimum absolute atomic E-state index is 0.575. The Balaban J connectivity index is 1.41. The van der Waals surface area contributed by atoms with Crippen LogP contribution in [0.1, 0.15) is 52.9 Å². The van der Waals surface area contributed by atoms with E-state index in [0.29, 0.717) is 5.92 Å². The molecule has 0 radical (unpaired) electrons. The zero-order valence-electron chi connectivity index (χ0n) is 16.1. The lowest BCUT2D eigenvalue weighted by Crippen LogP contribution is -2.37. The van der Waals surface area contributed by atoms with Gasteiger partial charge in [-0.1, -0.05) is 0 Å². The van der Waals surface area contributed by atoms with E-state index in [1.807, 2.05) is 11.3 Å². The predicted molar refractivity (Wildman–Crippen MR) is 107 cm³/mol. The van der Waals surface area contributed by atoms with Gasteiger partial charge in [0.1, 0.15) is 5.82 Å². The van der Waals surface area contributed by atoms with Crippen molar-refractivity contribution in [2.45, 2.75) is 58.5 Å². The Hall–Kier alpha value is -1.17. The van der Waals surface area contributed by atoms with Crippen LogP contribution >= 0.6 is 11.3 Å². The first-order chi connectivity index (χ1) is 12.7. The zero-order valence-corrected chi connectivity index (χ0v) is 16.9. The Morgan fingerprint density at radius 3 is 2.81 bits per heavy atom. The molecule has 4 rings (SSSR count). The number of nitrogens with zero attached hydrogens (tertiary/aromatic N) is 3. The summed E-state index contributed by atoms with van der Waals surface area (Å²) >= 11 is 1.94. The lowest BCUT2D eigenvalue weighted by Gasteiger charge is -2.33. The van der Waals surface area contributed by atoms with Gasteiger partial charge in [0.2, 0.25) is 0 Å². The normalized spacial score (nSPS) is 22.8. The van der Waals surface area contributed by atoms with E-state index in [1.165, 1.54) is 47.2 Å². The summed E-state index contributed by atoms with van der Waals surface area (Å²) in [4.78, 5) is 10.4. The van der Waals surface area contributed by atoms with Crippen LogP contribution in [0.15, 0.2) is 18.3 Å². The maximum absolute atomic E-state index is 5.55. The Morgan fingerprint density at radius 2 is 2.04 bits per heavy atom. The molecule has 0 spiro atoms. The SMILES string of the molecule is Cc1ccc(CN2CCCC(Cn3c(C)cnc3C3CCOCC3)C2)s1. The van der Waals surface area contributed by atoms with E-state index < -0.39 is 0 Å². The van der Waals surface area contributed by atoms with Crippen molar-refractivity contribution >= 4 is 11.3 Å². The lowest BCUT2D eigenvalue weighted by atomic mass is 9.96. The van der Waals surface area contributed by atoms with Gasteiger partial charge in [-0.05, 0) is 64.1 Å². The first-order valence-electron chi connectivity index (χ1n) is 10.1. The number of thiophene rings is 1. The number of likely N-dealkylation sites (tertiary alicyclic amines) is 1. The number of aryl methyl sites for hydroxylation is 2. The Labute approximate surface area is 161 Å². The average molecular weight is 374 g/mol. The van der Waals surface area contributed by atoms with Gasteiger partial charge in [0.15, 0.2) is 0 Å². The Morgan fingerprint density at radius 1 is 1.19 bits per heavy atom. The fraction of sp³-hybridized carbons (Fsp3) is 0.667.